The topological polar surface area (TPSA) is 58.9 Å². The maximum Gasteiger partial charge on any atom is 0.251 e. The molecule has 0 unspecified atom stereocenters. The number of aryl methyl sites for hydroxylation is 1. The van der Waals surface area contributed by atoms with E-state index in [2.05, 4.69) is 30.3 Å². The summed E-state index contributed by atoms with van der Waals surface area (Å²) in [6, 6.07) is 20.0. The normalized spacial score (nSPS) is 17.4. The molecule has 0 saturated carbocycles. The van der Waals surface area contributed by atoms with Crippen LogP contribution < -0.4 is 10.3 Å². The van der Waals surface area contributed by atoms with Crippen molar-refractivity contribution in [1.82, 2.24) is 4.57 Å². The summed E-state index contributed by atoms with van der Waals surface area (Å²) in [5.74, 6) is 0.845. The largest absolute Gasteiger partial charge is 0.489 e. The zero-order valence-electron chi connectivity index (χ0n) is 18.0. The van der Waals surface area contributed by atoms with Gasteiger partial charge in [-0.3, -0.25) is 4.79 Å². The molecule has 1 saturated heterocycles. The number of aromatic nitrogens is 1. The summed E-state index contributed by atoms with van der Waals surface area (Å²) >= 11 is 0. The highest BCUT2D eigenvalue weighted by atomic mass is 16.6. The van der Waals surface area contributed by atoms with E-state index in [0.29, 0.717) is 46.2 Å². The standard InChI is InChI=1S/C26H27NO5/c28-26-13-20(15-30-18-23-17-29-10-11-31-23)12-25-24-7-6-22(14-21(24)8-9-27(25)26)32-16-19-4-2-1-3-5-19/h1-7,12-14,23H,8-11,15-18H2/t23-/m1/s1. The van der Waals surface area contributed by atoms with E-state index in [1.807, 2.05) is 28.8 Å². The molecule has 6 nitrogen and oxygen atoms in total. The molecule has 3 heterocycles. The van der Waals surface area contributed by atoms with Crippen LogP contribution in [0.15, 0.2) is 65.5 Å². The van der Waals surface area contributed by atoms with E-state index >= 15 is 0 Å². The van der Waals surface area contributed by atoms with Gasteiger partial charge in [-0.1, -0.05) is 30.3 Å². The van der Waals surface area contributed by atoms with Crippen molar-refractivity contribution in [3.8, 4) is 17.0 Å². The highest BCUT2D eigenvalue weighted by molar-refractivity contribution is 5.67. The summed E-state index contributed by atoms with van der Waals surface area (Å²) in [6.07, 6.45) is 0.761. The van der Waals surface area contributed by atoms with Gasteiger partial charge in [-0.15, -0.1) is 0 Å². The molecule has 2 aromatic carbocycles. The van der Waals surface area contributed by atoms with Crippen LogP contribution in [0, 0.1) is 0 Å². The van der Waals surface area contributed by atoms with E-state index in [1.165, 1.54) is 5.56 Å². The van der Waals surface area contributed by atoms with Gasteiger partial charge in [0.05, 0.1) is 38.7 Å². The molecule has 1 atom stereocenters. The minimum Gasteiger partial charge on any atom is -0.489 e. The van der Waals surface area contributed by atoms with Crippen LogP contribution >= 0.6 is 0 Å². The molecule has 3 aromatic rings. The number of fused-ring (bicyclic) bond motifs is 3. The first-order valence-corrected chi connectivity index (χ1v) is 11.1. The number of hydrogen-bond acceptors (Lipinski definition) is 5. The third kappa shape index (κ3) is 4.78. The van der Waals surface area contributed by atoms with Crippen LogP contribution in [0.5, 0.6) is 5.75 Å². The Hall–Kier alpha value is -2.93. The summed E-state index contributed by atoms with van der Waals surface area (Å²) in [6.45, 7) is 3.81. The van der Waals surface area contributed by atoms with Crippen LogP contribution in [0.4, 0.5) is 0 Å². The lowest BCUT2D eigenvalue weighted by Crippen LogP contribution is -2.32. The molecule has 0 amide bonds. The van der Waals surface area contributed by atoms with Crippen LogP contribution in [-0.2, 0) is 40.4 Å². The lowest BCUT2D eigenvalue weighted by Gasteiger charge is -2.24. The van der Waals surface area contributed by atoms with Crippen LogP contribution in [0.3, 0.4) is 0 Å². The van der Waals surface area contributed by atoms with Gasteiger partial charge in [0.15, 0.2) is 0 Å². The van der Waals surface area contributed by atoms with Gasteiger partial charge in [-0.25, -0.2) is 0 Å². The quantitative estimate of drug-likeness (QED) is 0.570. The Bertz CT molecular complexity index is 1120. The second-order valence-electron chi connectivity index (χ2n) is 8.16. The molecule has 2 aliphatic heterocycles. The number of ether oxygens (including phenoxy) is 4. The van der Waals surface area contributed by atoms with Crippen LogP contribution in [0.25, 0.3) is 11.3 Å². The summed E-state index contributed by atoms with van der Waals surface area (Å²) < 4.78 is 24.7. The minimum atomic E-state index is -0.0440. The van der Waals surface area contributed by atoms with Crippen LogP contribution in [-0.4, -0.2) is 37.1 Å². The molecule has 32 heavy (non-hydrogen) atoms. The SMILES string of the molecule is O=c1cc(COC[C@H]2COCCO2)cc2n1CCc1cc(OCc3ccccc3)ccc1-2. The molecule has 0 bridgehead atoms. The van der Waals surface area contributed by atoms with E-state index in [4.69, 9.17) is 18.9 Å². The van der Waals surface area contributed by atoms with Gasteiger partial charge in [-0.05, 0) is 47.4 Å². The average Bonchev–Trinajstić information content (AvgIpc) is 2.84. The Kier molecular flexibility index (Phi) is 6.34. The Labute approximate surface area is 187 Å². The smallest absolute Gasteiger partial charge is 0.251 e. The van der Waals surface area contributed by atoms with Gasteiger partial charge >= 0.3 is 0 Å². The van der Waals surface area contributed by atoms with E-state index in [-0.39, 0.29) is 11.7 Å². The van der Waals surface area contributed by atoms with Gasteiger partial charge in [0.1, 0.15) is 18.5 Å². The summed E-state index contributed by atoms with van der Waals surface area (Å²) in [5, 5.41) is 0. The highest BCUT2D eigenvalue weighted by Crippen LogP contribution is 2.32. The van der Waals surface area contributed by atoms with Gasteiger partial charge in [0.2, 0.25) is 0 Å². The zero-order valence-corrected chi connectivity index (χ0v) is 18.0. The third-order valence-electron chi connectivity index (χ3n) is 5.85. The second kappa shape index (κ2) is 9.69. The number of nitrogens with zero attached hydrogens (tertiary/aromatic N) is 1. The molecule has 0 radical (unpaired) electrons. The van der Waals surface area contributed by atoms with E-state index in [1.54, 1.807) is 6.07 Å². The predicted octanol–water partition coefficient (Wildman–Crippen LogP) is 3.58. The van der Waals surface area contributed by atoms with Crippen molar-refractivity contribution >= 4 is 0 Å². The summed E-state index contributed by atoms with van der Waals surface area (Å²) in [7, 11) is 0. The molecular weight excluding hydrogens is 406 g/mol. The zero-order chi connectivity index (χ0) is 21.8. The van der Waals surface area contributed by atoms with Crippen molar-refractivity contribution in [2.45, 2.75) is 32.3 Å². The van der Waals surface area contributed by atoms with Gasteiger partial charge in [0, 0.05) is 18.2 Å². The molecule has 166 valence electrons. The van der Waals surface area contributed by atoms with Gasteiger partial charge in [-0.2, -0.15) is 0 Å². The van der Waals surface area contributed by atoms with Crippen molar-refractivity contribution in [3.05, 3.63) is 87.7 Å². The van der Waals surface area contributed by atoms with E-state index in [9.17, 15) is 4.79 Å². The van der Waals surface area contributed by atoms with E-state index < -0.39 is 0 Å². The van der Waals surface area contributed by atoms with Crippen molar-refractivity contribution in [2.24, 2.45) is 0 Å². The van der Waals surface area contributed by atoms with Crippen molar-refractivity contribution in [1.29, 1.82) is 0 Å². The summed E-state index contributed by atoms with van der Waals surface area (Å²) in [5.41, 5.74) is 5.22. The van der Waals surface area contributed by atoms with Crippen molar-refractivity contribution < 1.29 is 18.9 Å². The molecule has 1 aromatic heterocycles. The van der Waals surface area contributed by atoms with Crippen molar-refractivity contribution in [2.75, 3.05) is 26.4 Å². The highest BCUT2D eigenvalue weighted by Gasteiger charge is 2.19. The third-order valence-corrected chi connectivity index (χ3v) is 5.85. The van der Waals surface area contributed by atoms with Crippen LogP contribution in [0.1, 0.15) is 16.7 Å². The molecule has 6 heteroatoms. The number of benzene rings is 2. The lowest BCUT2D eigenvalue weighted by atomic mass is 9.96. The summed E-state index contributed by atoms with van der Waals surface area (Å²) in [4.78, 5) is 12.7. The Morgan fingerprint density at radius 3 is 2.72 bits per heavy atom. The van der Waals surface area contributed by atoms with Crippen LogP contribution in [0.2, 0.25) is 0 Å². The maximum absolute atomic E-state index is 12.7. The molecular formula is C26H27NO5. The fourth-order valence-electron chi connectivity index (χ4n) is 4.22. The van der Waals surface area contributed by atoms with Crippen molar-refractivity contribution in [3.63, 3.8) is 0 Å². The molecule has 0 N–H and O–H groups in total. The number of rotatable bonds is 7. The predicted molar refractivity (Wildman–Crippen MR) is 121 cm³/mol. The first-order chi connectivity index (χ1) is 15.8. The lowest BCUT2D eigenvalue weighted by molar-refractivity contribution is -0.117. The van der Waals surface area contributed by atoms with E-state index in [0.717, 1.165) is 34.6 Å². The Morgan fingerprint density at radius 2 is 1.88 bits per heavy atom. The molecule has 2 aliphatic rings. The minimum absolute atomic E-state index is 0.00778. The average molecular weight is 434 g/mol. The first kappa shape index (κ1) is 20.9. The number of pyridine rings is 1. The first-order valence-electron chi connectivity index (χ1n) is 11.1. The number of hydrogen-bond donors (Lipinski definition) is 0. The fourth-order valence-corrected chi connectivity index (χ4v) is 4.22. The van der Waals surface area contributed by atoms with Gasteiger partial charge < -0.3 is 23.5 Å². The maximum atomic E-state index is 12.7. The molecule has 0 aliphatic carbocycles. The molecule has 0 spiro atoms. The van der Waals surface area contributed by atoms with Gasteiger partial charge in [0.25, 0.3) is 5.56 Å². The Balaban J connectivity index is 1.30. The Morgan fingerprint density at radius 1 is 0.969 bits per heavy atom. The second-order valence-corrected chi connectivity index (χ2v) is 8.16. The molecule has 5 rings (SSSR count). The fraction of sp³-hybridized carbons (Fsp3) is 0.346. The molecule has 1 fully saturated rings. The monoisotopic (exact) mass is 433 g/mol.